The van der Waals surface area contributed by atoms with E-state index >= 15 is 0 Å². The van der Waals surface area contributed by atoms with Crippen molar-refractivity contribution in [3.63, 3.8) is 0 Å². The zero-order valence-corrected chi connectivity index (χ0v) is 15.7. The van der Waals surface area contributed by atoms with Gasteiger partial charge in [0.1, 0.15) is 0 Å². The molecule has 132 valence electrons. The van der Waals surface area contributed by atoms with Gasteiger partial charge in [-0.1, -0.05) is 23.8 Å². The molecule has 5 heteroatoms. The molecule has 1 aromatic carbocycles. The SMILES string of the molecule is CC(=Cc1ccc(C#N)cc1)C1CC1N[C@H]1CC[C@H](N)CC1.Cl.Cl. The molecule has 0 amide bonds. The van der Waals surface area contributed by atoms with E-state index in [2.05, 4.69) is 24.4 Å². The Morgan fingerprint density at radius 2 is 1.79 bits per heavy atom. The minimum absolute atomic E-state index is 0. The van der Waals surface area contributed by atoms with Crippen LogP contribution in [-0.4, -0.2) is 18.1 Å². The van der Waals surface area contributed by atoms with Gasteiger partial charge in [0.25, 0.3) is 0 Å². The normalized spacial score (nSPS) is 29.0. The van der Waals surface area contributed by atoms with Crippen molar-refractivity contribution in [1.29, 1.82) is 5.26 Å². The van der Waals surface area contributed by atoms with Gasteiger partial charge in [-0.05, 0) is 62.6 Å². The summed E-state index contributed by atoms with van der Waals surface area (Å²) in [6.45, 7) is 2.22. The van der Waals surface area contributed by atoms with E-state index in [0.29, 0.717) is 24.0 Å². The minimum atomic E-state index is 0. The van der Waals surface area contributed by atoms with Gasteiger partial charge in [-0.15, -0.1) is 24.8 Å². The first-order valence-electron chi connectivity index (χ1n) is 8.35. The zero-order chi connectivity index (χ0) is 15.5. The fourth-order valence-corrected chi connectivity index (χ4v) is 3.49. The molecule has 3 N–H and O–H groups in total. The van der Waals surface area contributed by atoms with Gasteiger partial charge in [-0.25, -0.2) is 0 Å². The van der Waals surface area contributed by atoms with E-state index in [9.17, 15) is 0 Å². The van der Waals surface area contributed by atoms with Crippen LogP contribution in [0.5, 0.6) is 0 Å². The highest BCUT2D eigenvalue weighted by molar-refractivity contribution is 5.85. The number of nitriles is 1. The predicted molar refractivity (Wildman–Crippen MR) is 105 cm³/mol. The average molecular weight is 368 g/mol. The topological polar surface area (TPSA) is 61.8 Å². The fourth-order valence-electron chi connectivity index (χ4n) is 3.49. The van der Waals surface area contributed by atoms with Crippen LogP contribution in [0, 0.1) is 17.2 Å². The fraction of sp³-hybridized carbons (Fsp3) is 0.526. The largest absolute Gasteiger partial charge is 0.328 e. The molecular formula is C19H27Cl2N3. The molecule has 2 saturated carbocycles. The van der Waals surface area contributed by atoms with Gasteiger partial charge < -0.3 is 11.1 Å². The van der Waals surface area contributed by atoms with Crippen LogP contribution in [0.1, 0.15) is 50.2 Å². The maximum Gasteiger partial charge on any atom is 0.0991 e. The molecule has 3 rings (SSSR count). The van der Waals surface area contributed by atoms with Gasteiger partial charge in [-0.2, -0.15) is 5.26 Å². The molecule has 0 aliphatic heterocycles. The molecule has 2 atom stereocenters. The molecule has 0 heterocycles. The maximum absolute atomic E-state index is 8.83. The summed E-state index contributed by atoms with van der Waals surface area (Å²) >= 11 is 0. The number of halogens is 2. The van der Waals surface area contributed by atoms with Crippen LogP contribution in [0.15, 0.2) is 29.8 Å². The number of benzene rings is 1. The van der Waals surface area contributed by atoms with Gasteiger partial charge in [0.2, 0.25) is 0 Å². The molecule has 0 aromatic heterocycles. The lowest BCUT2D eigenvalue weighted by Crippen LogP contribution is -2.38. The van der Waals surface area contributed by atoms with Gasteiger partial charge in [0.15, 0.2) is 0 Å². The summed E-state index contributed by atoms with van der Waals surface area (Å²) in [7, 11) is 0. The van der Waals surface area contributed by atoms with E-state index in [1.54, 1.807) is 0 Å². The van der Waals surface area contributed by atoms with E-state index in [4.69, 9.17) is 11.0 Å². The molecule has 2 aliphatic carbocycles. The Hall–Kier alpha value is -1.05. The minimum Gasteiger partial charge on any atom is -0.328 e. The number of rotatable bonds is 4. The average Bonchev–Trinajstić information content (AvgIpc) is 3.30. The van der Waals surface area contributed by atoms with E-state index in [0.717, 1.165) is 18.4 Å². The summed E-state index contributed by atoms with van der Waals surface area (Å²) in [5.41, 5.74) is 9.31. The molecule has 0 saturated heterocycles. The zero-order valence-electron chi connectivity index (χ0n) is 14.1. The molecule has 1 aromatic rings. The summed E-state index contributed by atoms with van der Waals surface area (Å²) in [5, 5.41) is 12.6. The standard InChI is InChI=1S/C19H25N3.2ClH/c1-13(10-14-2-4-15(12-20)5-3-14)18-11-19(18)22-17-8-6-16(21)7-9-17;;/h2-5,10,16-19,22H,6-9,11,21H2,1H3;2*1H/t16-,17-,18?,19?;;. The van der Waals surface area contributed by atoms with Crippen molar-refractivity contribution in [3.8, 4) is 6.07 Å². The summed E-state index contributed by atoms with van der Waals surface area (Å²) in [5.74, 6) is 0.672. The number of nitrogens with two attached hydrogens (primary N) is 1. The van der Waals surface area contributed by atoms with Crippen molar-refractivity contribution in [2.75, 3.05) is 0 Å². The molecule has 2 unspecified atom stereocenters. The van der Waals surface area contributed by atoms with Crippen molar-refractivity contribution in [3.05, 3.63) is 41.0 Å². The number of hydrogen-bond acceptors (Lipinski definition) is 3. The van der Waals surface area contributed by atoms with Crippen molar-refractivity contribution in [1.82, 2.24) is 5.32 Å². The van der Waals surface area contributed by atoms with Crippen LogP contribution in [0.2, 0.25) is 0 Å². The second-order valence-electron chi connectivity index (χ2n) is 6.85. The van der Waals surface area contributed by atoms with Crippen LogP contribution in [0.4, 0.5) is 0 Å². The van der Waals surface area contributed by atoms with Crippen molar-refractivity contribution in [2.24, 2.45) is 11.7 Å². The van der Waals surface area contributed by atoms with Crippen molar-refractivity contribution in [2.45, 2.75) is 57.2 Å². The number of nitrogens with zero attached hydrogens (tertiary/aromatic N) is 1. The molecule has 0 spiro atoms. The summed E-state index contributed by atoms with van der Waals surface area (Å²) in [6.07, 6.45) is 8.28. The third kappa shape index (κ3) is 5.50. The number of hydrogen-bond donors (Lipinski definition) is 2. The second kappa shape index (κ2) is 9.44. The highest BCUT2D eigenvalue weighted by atomic mass is 35.5. The van der Waals surface area contributed by atoms with Crippen LogP contribution >= 0.6 is 24.8 Å². The molecule has 24 heavy (non-hydrogen) atoms. The lowest BCUT2D eigenvalue weighted by molar-refractivity contribution is 0.338. The Morgan fingerprint density at radius 3 is 2.38 bits per heavy atom. The lowest BCUT2D eigenvalue weighted by Gasteiger charge is -2.27. The third-order valence-electron chi connectivity index (χ3n) is 5.03. The highest BCUT2D eigenvalue weighted by Crippen LogP contribution is 2.39. The third-order valence-corrected chi connectivity index (χ3v) is 5.03. The van der Waals surface area contributed by atoms with Crippen LogP contribution in [-0.2, 0) is 0 Å². The van der Waals surface area contributed by atoms with Gasteiger partial charge in [0.05, 0.1) is 11.6 Å². The first kappa shape index (κ1) is 21.0. The quantitative estimate of drug-likeness (QED) is 0.843. The van der Waals surface area contributed by atoms with E-state index in [1.807, 2.05) is 24.3 Å². The predicted octanol–water partition coefficient (Wildman–Crippen LogP) is 4.05. The van der Waals surface area contributed by atoms with Crippen molar-refractivity contribution >= 4 is 30.9 Å². The highest BCUT2D eigenvalue weighted by Gasteiger charge is 2.39. The summed E-state index contributed by atoms with van der Waals surface area (Å²) in [4.78, 5) is 0. The monoisotopic (exact) mass is 367 g/mol. The summed E-state index contributed by atoms with van der Waals surface area (Å²) in [6, 6.07) is 11.7. The Labute approximate surface area is 157 Å². The van der Waals surface area contributed by atoms with Crippen molar-refractivity contribution < 1.29 is 0 Å². The second-order valence-corrected chi connectivity index (χ2v) is 6.85. The first-order valence-corrected chi connectivity index (χ1v) is 8.35. The molecule has 3 nitrogen and oxygen atoms in total. The maximum atomic E-state index is 8.83. The Balaban J connectivity index is 0.00000144. The lowest BCUT2D eigenvalue weighted by atomic mass is 9.92. The molecule has 0 bridgehead atoms. The van der Waals surface area contributed by atoms with Gasteiger partial charge >= 0.3 is 0 Å². The van der Waals surface area contributed by atoms with E-state index < -0.39 is 0 Å². The Kier molecular flexibility index (Phi) is 8.26. The van der Waals surface area contributed by atoms with E-state index in [1.165, 1.54) is 30.4 Å². The number of nitrogens with one attached hydrogen (secondary N) is 1. The Morgan fingerprint density at radius 1 is 1.17 bits per heavy atom. The molecular weight excluding hydrogens is 341 g/mol. The summed E-state index contributed by atoms with van der Waals surface area (Å²) < 4.78 is 0. The molecule has 0 radical (unpaired) electrons. The van der Waals surface area contributed by atoms with Crippen LogP contribution in [0.25, 0.3) is 6.08 Å². The molecule has 2 fully saturated rings. The van der Waals surface area contributed by atoms with E-state index in [-0.39, 0.29) is 24.8 Å². The smallest absolute Gasteiger partial charge is 0.0991 e. The van der Waals surface area contributed by atoms with Crippen LogP contribution < -0.4 is 11.1 Å². The Bertz CT molecular complexity index is 584. The van der Waals surface area contributed by atoms with Crippen LogP contribution in [0.3, 0.4) is 0 Å². The van der Waals surface area contributed by atoms with Gasteiger partial charge in [-0.3, -0.25) is 0 Å². The first-order chi connectivity index (χ1) is 10.7. The molecule has 2 aliphatic rings. The van der Waals surface area contributed by atoms with Gasteiger partial charge in [0, 0.05) is 18.1 Å².